The van der Waals surface area contributed by atoms with Crippen molar-refractivity contribution in [3.63, 3.8) is 0 Å². The molecular formula is C26H27F2N7O2. The Morgan fingerprint density at radius 1 is 1.22 bits per heavy atom. The number of carbonyl (C=O) groups excluding carboxylic acids is 1. The van der Waals surface area contributed by atoms with Crippen molar-refractivity contribution in [3.05, 3.63) is 76.3 Å². The molecule has 192 valence electrons. The van der Waals surface area contributed by atoms with Crippen LogP contribution in [0.4, 0.5) is 20.2 Å². The molecule has 5 rings (SSSR count). The highest BCUT2D eigenvalue weighted by Gasteiger charge is 2.38. The third kappa shape index (κ3) is 4.25. The molecule has 1 saturated heterocycles. The normalized spacial score (nSPS) is 19.6. The Balaban J connectivity index is 1.61. The summed E-state index contributed by atoms with van der Waals surface area (Å²) in [6.45, 7) is -1.10. The Kier molecular flexibility index (Phi) is 4.67. The quantitative estimate of drug-likeness (QED) is 0.425. The first-order chi connectivity index (χ1) is 19.5. The fraction of sp³-hybridized carbons (Fsp3) is 0.308. The number of nitrogens with zero attached hydrogens (tertiary/aromatic N) is 5. The van der Waals surface area contributed by atoms with Crippen molar-refractivity contribution in [2.24, 2.45) is 11.1 Å². The summed E-state index contributed by atoms with van der Waals surface area (Å²) in [5, 5.41) is 11.0. The third-order valence-electron chi connectivity index (χ3n) is 6.60. The number of fused-ring (bicyclic) bond motifs is 1. The zero-order chi connectivity index (χ0) is 30.8. The van der Waals surface area contributed by atoms with Crippen LogP contribution >= 0.6 is 0 Å². The number of amides is 1. The number of anilines is 2. The topological polar surface area (TPSA) is 111 Å². The van der Waals surface area contributed by atoms with Gasteiger partial charge >= 0.3 is 0 Å². The van der Waals surface area contributed by atoms with Crippen LogP contribution in [-0.2, 0) is 6.50 Å². The SMILES string of the molecule is [2H]C([2H])([2H])C([2H])([2H])n1ncc2c(N3C[C@H](N)C(C)(C)C3)c(NC(=O)c3ccc(=O)n(-c4c(F)cccc4F)n3)ccc21. The number of nitrogens with two attached hydrogens (primary N) is 1. The number of aromatic nitrogens is 4. The molecule has 9 nitrogen and oxygen atoms in total. The summed E-state index contributed by atoms with van der Waals surface area (Å²) in [5.74, 6) is -2.90. The van der Waals surface area contributed by atoms with Crippen molar-refractivity contribution >= 4 is 28.2 Å². The lowest BCUT2D eigenvalue weighted by Crippen LogP contribution is -2.35. The molecule has 0 radical (unpaired) electrons. The Bertz CT molecular complexity index is 1750. The maximum absolute atomic E-state index is 14.4. The van der Waals surface area contributed by atoms with Crippen molar-refractivity contribution in [2.75, 3.05) is 23.3 Å². The molecule has 1 aliphatic rings. The van der Waals surface area contributed by atoms with Gasteiger partial charge in [0.25, 0.3) is 11.5 Å². The summed E-state index contributed by atoms with van der Waals surface area (Å²) in [4.78, 5) is 27.7. The summed E-state index contributed by atoms with van der Waals surface area (Å²) < 4.78 is 69.5. The zero-order valence-electron chi connectivity index (χ0n) is 25.0. The van der Waals surface area contributed by atoms with Gasteiger partial charge in [-0.2, -0.15) is 14.9 Å². The summed E-state index contributed by atoms with van der Waals surface area (Å²) in [7, 11) is 0. The van der Waals surface area contributed by atoms with Gasteiger partial charge in [0.05, 0.1) is 25.8 Å². The number of hydrogen-bond acceptors (Lipinski definition) is 6. The fourth-order valence-electron chi connectivity index (χ4n) is 4.52. The molecular weight excluding hydrogens is 480 g/mol. The molecule has 2 aromatic carbocycles. The number of hydrogen-bond donors (Lipinski definition) is 2. The highest BCUT2D eigenvalue weighted by Crippen LogP contribution is 2.40. The largest absolute Gasteiger partial charge is 0.367 e. The highest BCUT2D eigenvalue weighted by atomic mass is 19.1. The second-order valence-corrected chi connectivity index (χ2v) is 9.53. The average Bonchev–Trinajstić information content (AvgIpc) is 3.44. The van der Waals surface area contributed by atoms with Crippen molar-refractivity contribution < 1.29 is 20.4 Å². The molecule has 4 aromatic rings. The van der Waals surface area contributed by atoms with Gasteiger partial charge in [-0.05, 0) is 42.6 Å². The molecule has 11 heteroatoms. The molecule has 1 atom stereocenters. The van der Waals surface area contributed by atoms with Crippen LogP contribution < -0.4 is 21.5 Å². The minimum atomic E-state index is -3.02. The Morgan fingerprint density at radius 3 is 2.65 bits per heavy atom. The molecule has 0 aliphatic carbocycles. The van der Waals surface area contributed by atoms with Gasteiger partial charge in [0.15, 0.2) is 11.6 Å². The summed E-state index contributed by atoms with van der Waals surface area (Å²) >= 11 is 0. The first kappa shape index (κ1) is 19.1. The lowest BCUT2D eigenvalue weighted by Gasteiger charge is -2.25. The first-order valence-corrected chi connectivity index (χ1v) is 11.4. The third-order valence-corrected chi connectivity index (χ3v) is 6.60. The van der Waals surface area contributed by atoms with E-state index in [-0.39, 0.29) is 28.4 Å². The Morgan fingerprint density at radius 2 is 1.97 bits per heavy atom. The van der Waals surface area contributed by atoms with Crippen LogP contribution in [0.15, 0.2) is 53.5 Å². The molecule has 37 heavy (non-hydrogen) atoms. The van der Waals surface area contributed by atoms with Crippen molar-refractivity contribution in [2.45, 2.75) is 33.2 Å². The predicted octanol–water partition coefficient (Wildman–Crippen LogP) is 3.31. The summed E-state index contributed by atoms with van der Waals surface area (Å²) in [5.41, 5.74) is 4.95. The number of carbonyl (C=O) groups is 1. The van der Waals surface area contributed by atoms with E-state index in [9.17, 15) is 18.4 Å². The van der Waals surface area contributed by atoms with Gasteiger partial charge in [-0.25, -0.2) is 8.78 Å². The number of aryl methyl sites for hydroxylation is 1. The van der Waals surface area contributed by atoms with E-state index in [1.807, 2.05) is 18.7 Å². The van der Waals surface area contributed by atoms with Gasteiger partial charge in [0.1, 0.15) is 11.4 Å². The maximum Gasteiger partial charge on any atom is 0.276 e. The van der Waals surface area contributed by atoms with E-state index in [0.29, 0.717) is 28.8 Å². The van der Waals surface area contributed by atoms with Gasteiger partial charge in [-0.3, -0.25) is 14.3 Å². The zero-order valence-corrected chi connectivity index (χ0v) is 20.0. The predicted molar refractivity (Wildman–Crippen MR) is 137 cm³/mol. The van der Waals surface area contributed by atoms with Crippen LogP contribution in [0.3, 0.4) is 0 Å². The van der Waals surface area contributed by atoms with E-state index in [2.05, 4.69) is 15.5 Å². The molecule has 1 aliphatic heterocycles. The monoisotopic (exact) mass is 512 g/mol. The minimum Gasteiger partial charge on any atom is -0.367 e. The van der Waals surface area contributed by atoms with E-state index in [1.165, 1.54) is 18.3 Å². The van der Waals surface area contributed by atoms with Crippen molar-refractivity contribution in [1.82, 2.24) is 19.6 Å². The molecule has 1 fully saturated rings. The number of para-hydroxylation sites is 1. The van der Waals surface area contributed by atoms with Gasteiger partial charge < -0.3 is 16.0 Å². The molecule has 0 spiro atoms. The van der Waals surface area contributed by atoms with Gasteiger partial charge in [0, 0.05) is 41.2 Å². The first-order valence-electron chi connectivity index (χ1n) is 13.9. The number of rotatable bonds is 5. The average molecular weight is 513 g/mol. The standard InChI is InChI=1S/C26H27F2N7O2/c1-4-34-20-10-8-18(23(15(20)12-30-34)33-13-21(29)26(2,3)14-33)31-25(37)19-9-11-22(36)35(32-19)24-16(27)6-5-7-17(24)28/h5-12,21H,4,13-14,29H2,1-3H3,(H,31,37)/t21-/m0/s1/i1D3,4D2. The van der Waals surface area contributed by atoms with Crippen molar-refractivity contribution in [1.29, 1.82) is 0 Å². The van der Waals surface area contributed by atoms with E-state index in [1.54, 1.807) is 0 Å². The Labute approximate surface area is 218 Å². The van der Waals surface area contributed by atoms with Gasteiger partial charge in [-0.1, -0.05) is 19.9 Å². The van der Waals surface area contributed by atoms with Gasteiger partial charge in [0.2, 0.25) is 0 Å². The van der Waals surface area contributed by atoms with Crippen LogP contribution in [0.25, 0.3) is 16.6 Å². The number of benzene rings is 2. The second-order valence-electron chi connectivity index (χ2n) is 9.53. The smallest absolute Gasteiger partial charge is 0.276 e. The van der Waals surface area contributed by atoms with Crippen molar-refractivity contribution in [3.8, 4) is 5.69 Å². The molecule has 0 unspecified atom stereocenters. The highest BCUT2D eigenvalue weighted by molar-refractivity contribution is 6.09. The minimum absolute atomic E-state index is 0.170. The maximum atomic E-state index is 14.4. The molecule has 0 saturated carbocycles. The lowest BCUT2D eigenvalue weighted by molar-refractivity contribution is 0.102. The van der Waals surface area contributed by atoms with E-state index >= 15 is 0 Å². The molecule has 3 N–H and O–H groups in total. The van der Waals surface area contributed by atoms with Crippen LogP contribution in [0.5, 0.6) is 0 Å². The van der Waals surface area contributed by atoms with Crippen LogP contribution in [0, 0.1) is 17.0 Å². The van der Waals surface area contributed by atoms with Crippen LogP contribution in [0.2, 0.25) is 0 Å². The lowest BCUT2D eigenvalue weighted by atomic mass is 9.89. The number of nitrogens with one attached hydrogen (secondary N) is 1. The summed E-state index contributed by atoms with van der Waals surface area (Å²) in [6, 6.07) is 7.74. The molecule has 1 amide bonds. The number of halogens is 2. The van der Waals surface area contributed by atoms with Crippen LogP contribution in [-0.4, -0.2) is 44.6 Å². The fourth-order valence-corrected chi connectivity index (χ4v) is 4.52. The Hall–Kier alpha value is -4.12. The van der Waals surface area contributed by atoms with Gasteiger partial charge in [-0.15, -0.1) is 0 Å². The van der Waals surface area contributed by atoms with Crippen LogP contribution in [0.1, 0.15) is 38.0 Å². The summed E-state index contributed by atoms with van der Waals surface area (Å²) in [6.07, 6.45) is 1.32. The molecule has 3 heterocycles. The molecule has 2 aromatic heterocycles. The van der Waals surface area contributed by atoms with E-state index < -0.39 is 42.1 Å². The van der Waals surface area contributed by atoms with E-state index in [0.717, 1.165) is 35.0 Å². The molecule has 0 bridgehead atoms. The second kappa shape index (κ2) is 9.07. The van der Waals surface area contributed by atoms with E-state index in [4.69, 9.17) is 12.6 Å².